The average molecular weight is 519 g/mol. The van der Waals surface area contributed by atoms with Crippen molar-refractivity contribution in [3.8, 4) is 22.9 Å². The lowest BCUT2D eigenvalue weighted by Crippen LogP contribution is -1.93. The summed E-state index contributed by atoms with van der Waals surface area (Å²) in [7, 11) is 0. The maximum atomic E-state index is 9.89. The van der Waals surface area contributed by atoms with Gasteiger partial charge in [-0.15, -0.1) is 0 Å². The molecule has 0 unspecified atom stereocenters. The number of aromatic nitrogens is 1. The SMILES string of the molecule is N#Cc1ccc2c3c1ccc1cc(-c4cc5c6ccccc6ccc5c5ccccc45)cc(c13)n2-c1ccccc1. The van der Waals surface area contributed by atoms with Crippen molar-refractivity contribution in [1.82, 2.24) is 4.57 Å². The Morgan fingerprint density at radius 3 is 2.02 bits per heavy atom. The Balaban J connectivity index is 1.46. The highest BCUT2D eigenvalue weighted by Gasteiger charge is 2.20. The summed E-state index contributed by atoms with van der Waals surface area (Å²) in [6.45, 7) is 0. The highest BCUT2D eigenvalue weighted by atomic mass is 15.0. The fraction of sp³-hybridized carbons (Fsp3) is 0. The van der Waals surface area contributed by atoms with Gasteiger partial charge in [-0.2, -0.15) is 5.26 Å². The van der Waals surface area contributed by atoms with Crippen LogP contribution in [0.25, 0.3) is 81.7 Å². The van der Waals surface area contributed by atoms with E-state index in [1.165, 1.54) is 54.2 Å². The summed E-state index contributed by atoms with van der Waals surface area (Å²) < 4.78 is 2.36. The Hall–Kier alpha value is -5.65. The minimum Gasteiger partial charge on any atom is -0.309 e. The van der Waals surface area contributed by atoms with Gasteiger partial charge in [-0.05, 0) is 91.3 Å². The first-order valence-corrected chi connectivity index (χ1v) is 13.9. The van der Waals surface area contributed by atoms with Gasteiger partial charge in [-0.25, -0.2) is 0 Å². The molecule has 0 radical (unpaired) electrons. The summed E-state index contributed by atoms with van der Waals surface area (Å²) in [4.78, 5) is 0. The maximum Gasteiger partial charge on any atom is 0.0998 e. The summed E-state index contributed by atoms with van der Waals surface area (Å²) in [5.41, 5.74) is 6.51. The van der Waals surface area contributed by atoms with Gasteiger partial charge in [0.25, 0.3) is 0 Å². The Labute approximate surface area is 236 Å². The van der Waals surface area contributed by atoms with E-state index in [2.05, 4.69) is 138 Å². The highest BCUT2D eigenvalue weighted by Crippen LogP contribution is 2.44. The van der Waals surface area contributed by atoms with E-state index >= 15 is 0 Å². The molecule has 2 nitrogen and oxygen atoms in total. The smallest absolute Gasteiger partial charge is 0.0998 e. The molecular weight excluding hydrogens is 496 g/mol. The van der Waals surface area contributed by atoms with Gasteiger partial charge in [0.1, 0.15) is 0 Å². The average Bonchev–Trinajstić information content (AvgIpc) is 3.38. The second-order valence-corrected chi connectivity index (χ2v) is 10.8. The van der Waals surface area contributed by atoms with E-state index in [-0.39, 0.29) is 0 Å². The van der Waals surface area contributed by atoms with Crippen LogP contribution in [-0.4, -0.2) is 4.57 Å². The summed E-state index contributed by atoms with van der Waals surface area (Å²) in [5.74, 6) is 0. The number of benzene rings is 8. The molecule has 0 aliphatic rings. The Bertz CT molecular complexity index is 2530. The molecule has 1 heterocycles. The predicted octanol–water partition coefficient (Wildman–Crippen LogP) is 10.4. The lowest BCUT2D eigenvalue weighted by Gasteiger charge is -2.14. The first-order chi connectivity index (χ1) is 20.3. The van der Waals surface area contributed by atoms with Crippen LogP contribution < -0.4 is 0 Å². The molecule has 0 aliphatic heterocycles. The molecule has 188 valence electrons. The Morgan fingerprint density at radius 2 is 1.17 bits per heavy atom. The van der Waals surface area contributed by atoms with Gasteiger partial charge in [0.05, 0.1) is 22.7 Å². The molecule has 9 aromatic rings. The Morgan fingerprint density at radius 1 is 0.463 bits per heavy atom. The summed E-state index contributed by atoms with van der Waals surface area (Å²) in [5, 5.41) is 22.0. The zero-order valence-electron chi connectivity index (χ0n) is 22.1. The quantitative estimate of drug-likeness (QED) is 0.209. The van der Waals surface area contributed by atoms with Crippen molar-refractivity contribution >= 4 is 64.9 Å². The minimum atomic E-state index is 0.711. The van der Waals surface area contributed by atoms with Crippen LogP contribution in [0.2, 0.25) is 0 Å². The standard InChI is InChI=1S/C39H22N2/c40-23-26-16-19-36-39-30(26)17-15-25-20-27(21-37(38(25)39)41(36)28-9-2-1-3-10-28)34-22-35-29-11-5-4-8-24(29)14-18-33(35)31-12-6-7-13-32(31)34/h1-22H. The first kappa shape index (κ1) is 22.2. The lowest BCUT2D eigenvalue weighted by atomic mass is 9.89. The molecule has 41 heavy (non-hydrogen) atoms. The zero-order valence-corrected chi connectivity index (χ0v) is 22.1. The molecule has 0 N–H and O–H groups in total. The molecule has 0 saturated carbocycles. The normalized spacial score (nSPS) is 11.9. The molecule has 0 fully saturated rings. The maximum absolute atomic E-state index is 9.89. The van der Waals surface area contributed by atoms with Crippen molar-refractivity contribution in [1.29, 1.82) is 5.26 Å². The number of fused-ring (bicyclic) bond motifs is 5. The van der Waals surface area contributed by atoms with E-state index in [1.54, 1.807) is 0 Å². The third-order valence-electron chi connectivity index (χ3n) is 8.75. The summed E-state index contributed by atoms with van der Waals surface area (Å²) in [6, 6.07) is 50.3. The summed E-state index contributed by atoms with van der Waals surface area (Å²) >= 11 is 0. The van der Waals surface area contributed by atoms with Crippen molar-refractivity contribution in [2.75, 3.05) is 0 Å². The summed E-state index contributed by atoms with van der Waals surface area (Å²) in [6.07, 6.45) is 0. The number of hydrogen-bond donors (Lipinski definition) is 0. The second kappa shape index (κ2) is 8.18. The zero-order chi connectivity index (χ0) is 27.1. The number of nitrogens with zero attached hydrogens (tertiary/aromatic N) is 2. The van der Waals surface area contributed by atoms with E-state index in [0.29, 0.717) is 5.56 Å². The van der Waals surface area contributed by atoms with Crippen molar-refractivity contribution in [2.45, 2.75) is 0 Å². The van der Waals surface area contributed by atoms with Crippen LogP contribution in [0.1, 0.15) is 5.56 Å². The molecule has 0 amide bonds. The van der Waals surface area contributed by atoms with Gasteiger partial charge < -0.3 is 4.57 Å². The fourth-order valence-corrected chi connectivity index (χ4v) is 6.97. The monoisotopic (exact) mass is 518 g/mol. The van der Waals surface area contributed by atoms with E-state index in [0.717, 1.165) is 27.5 Å². The predicted molar refractivity (Wildman–Crippen MR) is 172 cm³/mol. The van der Waals surface area contributed by atoms with Crippen LogP contribution in [-0.2, 0) is 0 Å². The molecular formula is C39H22N2. The fourth-order valence-electron chi connectivity index (χ4n) is 6.97. The van der Waals surface area contributed by atoms with Crippen LogP contribution in [0.5, 0.6) is 0 Å². The van der Waals surface area contributed by atoms with Crippen molar-refractivity contribution in [3.05, 3.63) is 139 Å². The molecule has 0 bridgehead atoms. The number of nitriles is 1. The van der Waals surface area contributed by atoms with Gasteiger partial charge in [-0.3, -0.25) is 0 Å². The molecule has 9 rings (SSSR count). The van der Waals surface area contributed by atoms with Crippen LogP contribution in [0, 0.1) is 11.3 Å². The van der Waals surface area contributed by atoms with Crippen molar-refractivity contribution in [2.24, 2.45) is 0 Å². The van der Waals surface area contributed by atoms with Crippen LogP contribution >= 0.6 is 0 Å². The molecule has 1 aromatic heterocycles. The Kier molecular flexibility index (Phi) is 4.43. The van der Waals surface area contributed by atoms with Gasteiger partial charge >= 0.3 is 0 Å². The topological polar surface area (TPSA) is 28.7 Å². The third-order valence-corrected chi connectivity index (χ3v) is 8.75. The second-order valence-electron chi connectivity index (χ2n) is 10.8. The van der Waals surface area contributed by atoms with Crippen molar-refractivity contribution in [3.63, 3.8) is 0 Å². The first-order valence-electron chi connectivity index (χ1n) is 13.9. The largest absolute Gasteiger partial charge is 0.309 e. The third kappa shape index (κ3) is 3.01. The van der Waals surface area contributed by atoms with E-state index in [1.807, 2.05) is 6.07 Å². The van der Waals surface area contributed by atoms with E-state index in [4.69, 9.17) is 0 Å². The van der Waals surface area contributed by atoms with Gasteiger partial charge in [0, 0.05) is 21.8 Å². The van der Waals surface area contributed by atoms with Gasteiger partial charge in [0.2, 0.25) is 0 Å². The number of para-hydroxylation sites is 1. The molecule has 0 atom stereocenters. The van der Waals surface area contributed by atoms with Gasteiger partial charge in [-0.1, -0.05) is 91.0 Å². The van der Waals surface area contributed by atoms with Crippen LogP contribution in [0.15, 0.2) is 133 Å². The highest BCUT2D eigenvalue weighted by molar-refractivity contribution is 6.27. The minimum absolute atomic E-state index is 0.711. The lowest BCUT2D eigenvalue weighted by molar-refractivity contribution is 1.18. The van der Waals surface area contributed by atoms with Crippen LogP contribution in [0.4, 0.5) is 0 Å². The van der Waals surface area contributed by atoms with Gasteiger partial charge in [0.15, 0.2) is 0 Å². The molecule has 8 aromatic carbocycles. The molecule has 0 spiro atoms. The molecule has 0 aliphatic carbocycles. The molecule has 2 heteroatoms. The molecule has 0 saturated heterocycles. The number of rotatable bonds is 2. The van der Waals surface area contributed by atoms with E-state index < -0.39 is 0 Å². The number of hydrogen-bond acceptors (Lipinski definition) is 1. The van der Waals surface area contributed by atoms with E-state index in [9.17, 15) is 5.26 Å². The van der Waals surface area contributed by atoms with Crippen LogP contribution in [0.3, 0.4) is 0 Å². The van der Waals surface area contributed by atoms with Crippen molar-refractivity contribution < 1.29 is 0 Å².